The molecule has 1 atom stereocenters. The van der Waals surface area contributed by atoms with E-state index in [1.54, 1.807) is 11.3 Å². The Bertz CT molecular complexity index is 1120. The number of carbonyl (C=O) groups excluding carboxylic acids is 1. The lowest BCUT2D eigenvalue weighted by atomic mass is 9.88. The summed E-state index contributed by atoms with van der Waals surface area (Å²) in [6.07, 6.45) is 2.84. The molecular formula is C28H29N3OS. The number of nitrogens with zero attached hydrogens (tertiary/aromatic N) is 2. The van der Waals surface area contributed by atoms with Gasteiger partial charge in [0.15, 0.2) is 5.13 Å². The highest BCUT2D eigenvalue weighted by atomic mass is 32.1. The van der Waals surface area contributed by atoms with Crippen LogP contribution in [0.4, 0.5) is 5.13 Å². The van der Waals surface area contributed by atoms with Gasteiger partial charge in [0.25, 0.3) is 0 Å². The van der Waals surface area contributed by atoms with Crippen molar-refractivity contribution in [1.82, 2.24) is 10.3 Å². The zero-order valence-electron chi connectivity index (χ0n) is 18.7. The Labute approximate surface area is 199 Å². The number of benzene rings is 3. The van der Waals surface area contributed by atoms with Gasteiger partial charge in [0.1, 0.15) is 0 Å². The molecule has 1 N–H and O–H groups in total. The SMILES string of the molecule is O=C(NCCC(c1ccccc1)c1ccccc1)C1CCCN(c2nc3ccccc3s2)C1. The molecule has 0 bridgehead atoms. The van der Waals surface area contributed by atoms with Gasteiger partial charge in [-0.25, -0.2) is 4.98 Å². The van der Waals surface area contributed by atoms with E-state index in [1.807, 2.05) is 18.2 Å². The average Bonchev–Trinajstić information content (AvgIpc) is 3.32. The first-order valence-electron chi connectivity index (χ1n) is 11.8. The maximum atomic E-state index is 13.0. The third kappa shape index (κ3) is 5.09. The molecule has 1 aromatic heterocycles. The maximum absolute atomic E-state index is 13.0. The molecular weight excluding hydrogens is 426 g/mol. The fourth-order valence-electron chi connectivity index (χ4n) is 4.74. The second-order valence-corrected chi connectivity index (χ2v) is 9.71. The summed E-state index contributed by atoms with van der Waals surface area (Å²) in [5.41, 5.74) is 3.62. The van der Waals surface area contributed by atoms with Crippen molar-refractivity contribution in [1.29, 1.82) is 0 Å². The first-order valence-corrected chi connectivity index (χ1v) is 12.6. The van der Waals surface area contributed by atoms with Gasteiger partial charge >= 0.3 is 0 Å². The topological polar surface area (TPSA) is 45.2 Å². The second kappa shape index (κ2) is 10.2. The van der Waals surface area contributed by atoms with Gasteiger partial charge in [-0.2, -0.15) is 0 Å². The number of thiazole rings is 1. The van der Waals surface area contributed by atoms with E-state index >= 15 is 0 Å². The first-order chi connectivity index (χ1) is 16.3. The van der Waals surface area contributed by atoms with Crippen molar-refractivity contribution in [3.63, 3.8) is 0 Å². The molecule has 4 nitrogen and oxygen atoms in total. The molecule has 4 aromatic rings. The van der Waals surface area contributed by atoms with Crippen molar-refractivity contribution in [2.45, 2.75) is 25.2 Å². The van der Waals surface area contributed by atoms with Crippen LogP contribution in [0.2, 0.25) is 0 Å². The van der Waals surface area contributed by atoms with Gasteiger partial charge in [-0.05, 0) is 42.5 Å². The summed E-state index contributed by atoms with van der Waals surface area (Å²) in [4.78, 5) is 20.1. The highest BCUT2D eigenvalue weighted by Crippen LogP contribution is 2.32. The second-order valence-electron chi connectivity index (χ2n) is 8.70. The fourth-order valence-corrected chi connectivity index (χ4v) is 5.74. The Kier molecular flexibility index (Phi) is 6.68. The Hall–Kier alpha value is -3.18. The highest BCUT2D eigenvalue weighted by molar-refractivity contribution is 7.22. The quantitative estimate of drug-likeness (QED) is 0.380. The van der Waals surface area contributed by atoms with E-state index in [0.29, 0.717) is 6.54 Å². The van der Waals surface area contributed by atoms with Crippen LogP contribution in [0.15, 0.2) is 84.9 Å². The molecule has 1 aliphatic heterocycles. The molecule has 0 spiro atoms. The molecule has 168 valence electrons. The van der Waals surface area contributed by atoms with Crippen molar-refractivity contribution in [2.24, 2.45) is 5.92 Å². The van der Waals surface area contributed by atoms with Gasteiger partial charge in [0.2, 0.25) is 5.91 Å². The first kappa shape index (κ1) is 21.7. The molecule has 5 rings (SSSR count). The third-order valence-corrected chi connectivity index (χ3v) is 7.58. The Morgan fingerprint density at radius 1 is 0.970 bits per heavy atom. The van der Waals surface area contributed by atoms with Gasteiger partial charge in [0.05, 0.1) is 16.1 Å². The monoisotopic (exact) mass is 455 g/mol. The van der Waals surface area contributed by atoms with Gasteiger partial charge in [-0.1, -0.05) is 84.1 Å². The number of carbonyl (C=O) groups is 1. The van der Waals surface area contributed by atoms with Gasteiger partial charge in [-0.15, -0.1) is 0 Å². The van der Waals surface area contributed by atoms with E-state index in [0.717, 1.165) is 43.0 Å². The van der Waals surface area contributed by atoms with E-state index in [4.69, 9.17) is 4.98 Å². The van der Waals surface area contributed by atoms with E-state index in [9.17, 15) is 4.79 Å². The Balaban J connectivity index is 1.21. The number of aromatic nitrogens is 1. The number of fused-ring (bicyclic) bond motifs is 1. The maximum Gasteiger partial charge on any atom is 0.224 e. The molecule has 1 aliphatic rings. The predicted molar refractivity (Wildman–Crippen MR) is 137 cm³/mol. The predicted octanol–water partition coefficient (Wildman–Crippen LogP) is 5.85. The summed E-state index contributed by atoms with van der Waals surface area (Å²) < 4.78 is 1.20. The molecule has 1 saturated heterocycles. The number of para-hydroxylation sites is 1. The summed E-state index contributed by atoms with van der Waals surface area (Å²) in [6, 6.07) is 29.4. The van der Waals surface area contributed by atoms with Crippen LogP contribution in [-0.4, -0.2) is 30.5 Å². The van der Waals surface area contributed by atoms with Crippen LogP contribution in [0.25, 0.3) is 10.2 Å². The minimum Gasteiger partial charge on any atom is -0.356 e. The number of nitrogens with one attached hydrogen (secondary N) is 1. The summed E-state index contributed by atoms with van der Waals surface area (Å²) in [7, 11) is 0. The number of rotatable bonds is 7. The molecule has 1 fully saturated rings. The largest absolute Gasteiger partial charge is 0.356 e. The number of hydrogen-bond donors (Lipinski definition) is 1. The van der Waals surface area contributed by atoms with Crippen LogP contribution < -0.4 is 10.2 Å². The van der Waals surface area contributed by atoms with Crippen LogP contribution in [0, 0.1) is 5.92 Å². The summed E-state index contributed by atoms with van der Waals surface area (Å²) >= 11 is 1.72. The van der Waals surface area contributed by atoms with E-state index in [-0.39, 0.29) is 17.7 Å². The van der Waals surface area contributed by atoms with Gasteiger partial charge in [-0.3, -0.25) is 4.79 Å². The third-order valence-electron chi connectivity index (χ3n) is 6.48. The minimum atomic E-state index is 0.0117. The Morgan fingerprint density at radius 3 is 2.33 bits per heavy atom. The molecule has 2 heterocycles. The van der Waals surface area contributed by atoms with Crippen molar-refractivity contribution in [2.75, 3.05) is 24.5 Å². The van der Waals surface area contributed by atoms with Gasteiger partial charge < -0.3 is 10.2 Å². The van der Waals surface area contributed by atoms with Crippen molar-refractivity contribution in [3.8, 4) is 0 Å². The van der Waals surface area contributed by atoms with Crippen LogP contribution in [0.3, 0.4) is 0 Å². The molecule has 1 amide bonds. The average molecular weight is 456 g/mol. The molecule has 1 unspecified atom stereocenters. The van der Waals surface area contributed by atoms with E-state index < -0.39 is 0 Å². The summed E-state index contributed by atoms with van der Waals surface area (Å²) in [6.45, 7) is 2.38. The van der Waals surface area contributed by atoms with Crippen LogP contribution in [0.5, 0.6) is 0 Å². The minimum absolute atomic E-state index is 0.0117. The van der Waals surface area contributed by atoms with Crippen molar-refractivity contribution in [3.05, 3.63) is 96.1 Å². The van der Waals surface area contributed by atoms with Gasteiger partial charge in [0, 0.05) is 25.6 Å². The number of anilines is 1. The number of amides is 1. The molecule has 0 radical (unpaired) electrons. The molecule has 5 heteroatoms. The van der Waals surface area contributed by atoms with Crippen LogP contribution in [0.1, 0.15) is 36.3 Å². The lowest BCUT2D eigenvalue weighted by Gasteiger charge is -2.31. The van der Waals surface area contributed by atoms with Crippen LogP contribution in [-0.2, 0) is 4.79 Å². The fraction of sp³-hybridized carbons (Fsp3) is 0.286. The van der Waals surface area contributed by atoms with Crippen molar-refractivity contribution < 1.29 is 4.79 Å². The zero-order valence-corrected chi connectivity index (χ0v) is 19.5. The summed E-state index contributed by atoms with van der Waals surface area (Å²) in [5.74, 6) is 0.455. The van der Waals surface area contributed by atoms with E-state index in [1.165, 1.54) is 15.8 Å². The lowest BCUT2D eigenvalue weighted by Crippen LogP contribution is -2.43. The number of hydrogen-bond acceptors (Lipinski definition) is 4. The molecule has 3 aromatic carbocycles. The van der Waals surface area contributed by atoms with E-state index in [2.05, 4.69) is 76.9 Å². The molecule has 0 saturated carbocycles. The smallest absolute Gasteiger partial charge is 0.224 e. The number of piperidine rings is 1. The van der Waals surface area contributed by atoms with Crippen molar-refractivity contribution >= 4 is 32.6 Å². The Morgan fingerprint density at radius 2 is 1.64 bits per heavy atom. The lowest BCUT2D eigenvalue weighted by molar-refractivity contribution is -0.125. The highest BCUT2D eigenvalue weighted by Gasteiger charge is 2.27. The zero-order chi connectivity index (χ0) is 22.5. The molecule has 0 aliphatic carbocycles. The summed E-state index contributed by atoms with van der Waals surface area (Å²) in [5, 5.41) is 4.27. The van der Waals surface area contributed by atoms with Crippen LogP contribution >= 0.6 is 11.3 Å². The molecule has 33 heavy (non-hydrogen) atoms. The standard InChI is InChI=1S/C28H29N3OS/c32-27(23-14-9-19-31(20-23)28-30-25-15-7-8-16-26(25)33-28)29-18-17-24(21-10-3-1-4-11-21)22-12-5-2-6-13-22/h1-8,10-13,15-16,23-24H,9,14,17-20H2,(H,29,32). The normalized spacial score (nSPS) is 16.3.